The first-order valence-electron chi connectivity index (χ1n) is 7.40. The van der Waals surface area contributed by atoms with Gasteiger partial charge in [0.25, 0.3) is 0 Å². The number of rotatable bonds is 7. The molecule has 0 spiro atoms. The third-order valence-electron chi connectivity index (χ3n) is 3.65. The van der Waals surface area contributed by atoms with Gasteiger partial charge >= 0.3 is 0 Å². The van der Waals surface area contributed by atoms with Crippen LogP contribution in [0.3, 0.4) is 0 Å². The van der Waals surface area contributed by atoms with Crippen molar-refractivity contribution >= 4 is 15.9 Å². The van der Waals surface area contributed by atoms with E-state index >= 15 is 0 Å². The van der Waals surface area contributed by atoms with Crippen molar-refractivity contribution in [3.63, 3.8) is 0 Å². The van der Waals surface area contributed by atoms with Crippen LogP contribution < -0.4 is 9.88 Å². The highest BCUT2D eigenvalue weighted by Crippen LogP contribution is 2.18. The lowest BCUT2D eigenvalue weighted by atomic mass is 10.2. The van der Waals surface area contributed by atoms with Gasteiger partial charge in [0, 0.05) is 19.5 Å². The molecule has 0 aromatic heterocycles. The fourth-order valence-corrected chi connectivity index (χ4v) is 3.54. The number of carbonyl (C=O) groups is 1. The quantitative estimate of drug-likeness (QED) is 0.756. The van der Waals surface area contributed by atoms with Gasteiger partial charge in [-0.1, -0.05) is 18.2 Å². The van der Waals surface area contributed by atoms with Crippen LogP contribution in [-0.2, 0) is 14.8 Å². The van der Waals surface area contributed by atoms with E-state index in [1.165, 1.54) is 0 Å². The molecular weight excluding hydrogens is 304 g/mol. The van der Waals surface area contributed by atoms with E-state index in [0.29, 0.717) is 39.0 Å². The Kier molecular flexibility index (Phi) is 5.79. The second-order valence-electron chi connectivity index (χ2n) is 5.59. The maximum atomic E-state index is 12.1. The number of para-hydroxylation sites is 1. The van der Waals surface area contributed by atoms with E-state index in [-0.39, 0.29) is 17.6 Å². The van der Waals surface area contributed by atoms with E-state index in [2.05, 4.69) is 0 Å². The van der Waals surface area contributed by atoms with Crippen molar-refractivity contribution in [1.29, 1.82) is 0 Å². The molecule has 1 amide bonds. The molecule has 0 saturated carbocycles. The molecule has 1 atom stereocenters. The maximum absolute atomic E-state index is 12.1. The van der Waals surface area contributed by atoms with E-state index in [1.54, 1.807) is 4.90 Å². The molecule has 1 saturated heterocycles. The topological polar surface area (TPSA) is 89.7 Å². The number of sulfonamides is 1. The van der Waals surface area contributed by atoms with Gasteiger partial charge in [-0.15, -0.1) is 0 Å². The molecule has 2 N–H and O–H groups in total. The minimum absolute atomic E-state index is 0.0421. The molecule has 1 fully saturated rings. The zero-order valence-corrected chi connectivity index (χ0v) is 13.3. The smallest absolute Gasteiger partial charge is 0.222 e. The Bertz CT molecular complexity index is 589. The molecule has 0 bridgehead atoms. The van der Waals surface area contributed by atoms with Gasteiger partial charge in [-0.2, -0.15) is 0 Å². The minimum Gasteiger partial charge on any atom is -0.494 e. The second-order valence-corrected chi connectivity index (χ2v) is 7.25. The summed E-state index contributed by atoms with van der Waals surface area (Å²) in [6.07, 6.45) is 1.75. The highest BCUT2D eigenvalue weighted by Gasteiger charge is 2.28. The molecule has 1 aromatic carbocycles. The largest absolute Gasteiger partial charge is 0.494 e. The van der Waals surface area contributed by atoms with Crippen LogP contribution in [0.5, 0.6) is 5.75 Å². The average molecular weight is 326 g/mol. The van der Waals surface area contributed by atoms with Crippen LogP contribution in [0.1, 0.15) is 19.3 Å². The zero-order chi connectivity index (χ0) is 16.0. The maximum Gasteiger partial charge on any atom is 0.222 e. The monoisotopic (exact) mass is 326 g/mol. The van der Waals surface area contributed by atoms with Gasteiger partial charge in [0.1, 0.15) is 5.75 Å². The van der Waals surface area contributed by atoms with Gasteiger partial charge in [0.05, 0.1) is 12.4 Å². The third kappa shape index (κ3) is 5.65. The first kappa shape index (κ1) is 16.8. The van der Waals surface area contributed by atoms with Crippen molar-refractivity contribution in [2.24, 2.45) is 11.1 Å². The summed E-state index contributed by atoms with van der Waals surface area (Å²) in [5, 5.41) is 5.04. The molecule has 1 heterocycles. The van der Waals surface area contributed by atoms with E-state index in [0.717, 1.165) is 5.75 Å². The first-order chi connectivity index (χ1) is 10.4. The number of nitrogens with two attached hydrogens (primary N) is 1. The Morgan fingerprint density at radius 3 is 2.73 bits per heavy atom. The van der Waals surface area contributed by atoms with Crippen LogP contribution in [0.25, 0.3) is 0 Å². The van der Waals surface area contributed by atoms with Gasteiger partial charge in [0.15, 0.2) is 0 Å². The van der Waals surface area contributed by atoms with Crippen LogP contribution in [0.15, 0.2) is 30.3 Å². The molecule has 6 nitrogen and oxygen atoms in total. The Morgan fingerprint density at radius 2 is 2.05 bits per heavy atom. The van der Waals surface area contributed by atoms with Crippen LogP contribution >= 0.6 is 0 Å². The SMILES string of the molecule is NS(=O)(=O)CC1CCN(C(=O)CCCOc2ccccc2)C1. The summed E-state index contributed by atoms with van der Waals surface area (Å²) in [7, 11) is -3.47. The highest BCUT2D eigenvalue weighted by molar-refractivity contribution is 7.89. The number of hydrogen-bond acceptors (Lipinski definition) is 4. The zero-order valence-electron chi connectivity index (χ0n) is 12.5. The molecule has 1 unspecified atom stereocenters. The molecular formula is C15H22N2O4S. The van der Waals surface area contributed by atoms with Crippen LogP contribution in [0, 0.1) is 5.92 Å². The summed E-state index contributed by atoms with van der Waals surface area (Å²) in [6.45, 7) is 1.58. The molecule has 122 valence electrons. The number of hydrogen-bond donors (Lipinski definition) is 1. The summed E-state index contributed by atoms with van der Waals surface area (Å²) >= 11 is 0. The normalized spacial score (nSPS) is 18.4. The molecule has 0 radical (unpaired) electrons. The van der Waals surface area contributed by atoms with Crippen molar-refractivity contribution in [2.75, 3.05) is 25.4 Å². The third-order valence-corrected chi connectivity index (χ3v) is 4.59. The van der Waals surface area contributed by atoms with E-state index in [4.69, 9.17) is 9.88 Å². The molecule has 1 aromatic rings. The summed E-state index contributed by atoms with van der Waals surface area (Å²) in [5.41, 5.74) is 0. The summed E-state index contributed by atoms with van der Waals surface area (Å²) in [4.78, 5) is 13.8. The first-order valence-corrected chi connectivity index (χ1v) is 9.12. The lowest BCUT2D eigenvalue weighted by molar-refractivity contribution is -0.130. The lowest BCUT2D eigenvalue weighted by Crippen LogP contribution is -2.30. The number of carbonyl (C=O) groups excluding carboxylic acids is 1. The molecule has 7 heteroatoms. The molecule has 1 aliphatic rings. The molecule has 0 aliphatic carbocycles. The fourth-order valence-electron chi connectivity index (χ4n) is 2.61. The summed E-state index contributed by atoms with van der Waals surface area (Å²) in [5.74, 6) is 0.755. The number of likely N-dealkylation sites (tertiary alicyclic amines) is 1. The van der Waals surface area contributed by atoms with Crippen molar-refractivity contribution in [1.82, 2.24) is 4.90 Å². The van der Waals surface area contributed by atoms with Crippen molar-refractivity contribution in [2.45, 2.75) is 19.3 Å². The van der Waals surface area contributed by atoms with Crippen LogP contribution in [0.4, 0.5) is 0 Å². The van der Waals surface area contributed by atoms with Gasteiger partial charge in [0.2, 0.25) is 15.9 Å². The number of nitrogens with zero attached hydrogens (tertiary/aromatic N) is 1. The fraction of sp³-hybridized carbons (Fsp3) is 0.533. The number of ether oxygens (including phenoxy) is 1. The minimum atomic E-state index is -3.47. The van der Waals surface area contributed by atoms with Gasteiger partial charge in [-0.3, -0.25) is 4.79 Å². The lowest BCUT2D eigenvalue weighted by Gasteiger charge is -2.16. The predicted molar refractivity (Wildman–Crippen MR) is 83.8 cm³/mol. The Balaban J connectivity index is 1.66. The number of benzene rings is 1. The highest BCUT2D eigenvalue weighted by atomic mass is 32.2. The van der Waals surface area contributed by atoms with E-state index < -0.39 is 10.0 Å². The summed E-state index contributed by atoms with van der Waals surface area (Å²) < 4.78 is 27.7. The number of primary sulfonamides is 1. The Morgan fingerprint density at radius 1 is 1.32 bits per heavy atom. The summed E-state index contributed by atoms with van der Waals surface area (Å²) in [6, 6.07) is 9.47. The van der Waals surface area contributed by atoms with Crippen LogP contribution in [0.2, 0.25) is 0 Å². The van der Waals surface area contributed by atoms with Gasteiger partial charge < -0.3 is 9.64 Å². The molecule has 1 aliphatic heterocycles. The Labute approximate surface area is 131 Å². The molecule has 22 heavy (non-hydrogen) atoms. The van der Waals surface area contributed by atoms with E-state index in [9.17, 15) is 13.2 Å². The average Bonchev–Trinajstić information content (AvgIpc) is 2.91. The van der Waals surface area contributed by atoms with Crippen molar-refractivity contribution in [3.05, 3.63) is 30.3 Å². The second kappa shape index (κ2) is 7.60. The molecule has 2 rings (SSSR count). The Hall–Kier alpha value is -1.60. The standard InChI is InChI=1S/C15H22N2O4S/c16-22(19,20)12-13-8-9-17(11-13)15(18)7-4-10-21-14-5-2-1-3-6-14/h1-3,5-6,13H,4,7-12H2,(H2,16,19,20). The van der Waals surface area contributed by atoms with Gasteiger partial charge in [-0.25, -0.2) is 13.6 Å². The van der Waals surface area contributed by atoms with Crippen molar-refractivity contribution < 1.29 is 17.9 Å². The van der Waals surface area contributed by atoms with Crippen molar-refractivity contribution in [3.8, 4) is 5.75 Å². The predicted octanol–water partition coefficient (Wildman–Crippen LogP) is 0.983. The van der Waals surface area contributed by atoms with Gasteiger partial charge in [-0.05, 0) is 30.9 Å². The van der Waals surface area contributed by atoms with Crippen LogP contribution in [-0.4, -0.2) is 44.7 Å². The van der Waals surface area contributed by atoms with E-state index in [1.807, 2.05) is 30.3 Å². The number of amides is 1.